The summed E-state index contributed by atoms with van der Waals surface area (Å²) in [5.41, 5.74) is 5.78. The lowest BCUT2D eigenvalue weighted by Gasteiger charge is -2.37. The van der Waals surface area contributed by atoms with Gasteiger partial charge in [-0.25, -0.2) is 0 Å². The fourth-order valence-corrected chi connectivity index (χ4v) is 2.91. The number of hydrogen-bond donors (Lipinski definition) is 1. The van der Waals surface area contributed by atoms with Crippen LogP contribution in [0.1, 0.15) is 39.0 Å². The van der Waals surface area contributed by atoms with Gasteiger partial charge in [-0.1, -0.05) is 0 Å². The van der Waals surface area contributed by atoms with E-state index in [4.69, 9.17) is 15.2 Å². The molecule has 3 atom stereocenters. The number of piperidine rings is 1. The zero-order chi connectivity index (χ0) is 12.8. The van der Waals surface area contributed by atoms with E-state index >= 15 is 0 Å². The number of nitrogens with two attached hydrogens (primary N) is 1. The van der Waals surface area contributed by atoms with Crippen molar-refractivity contribution in [3.8, 4) is 0 Å². The average Bonchev–Trinajstić information content (AvgIpc) is 2.42. The molecular formula is C14H28N2O2. The Morgan fingerprint density at radius 2 is 2.17 bits per heavy atom. The van der Waals surface area contributed by atoms with Gasteiger partial charge in [-0.2, -0.15) is 0 Å². The highest BCUT2D eigenvalue weighted by Crippen LogP contribution is 2.21. The molecule has 0 saturated carbocycles. The quantitative estimate of drug-likeness (QED) is 0.811. The van der Waals surface area contributed by atoms with Crippen molar-refractivity contribution < 1.29 is 9.47 Å². The Morgan fingerprint density at radius 3 is 2.89 bits per heavy atom. The molecule has 0 aromatic carbocycles. The lowest BCUT2D eigenvalue weighted by Crippen LogP contribution is -2.45. The van der Waals surface area contributed by atoms with Crippen LogP contribution in [0.3, 0.4) is 0 Å². The summed E-state index contributed by atoms with van der Waals surface area (Å²) < 4.78 is 11.4. The fraction of sp³-hybridized carbons (Fsp3) is 1.00. The monoisotopic (exact) mass is 256 g/mol. The van der Waals surface area contributed by atoms with Gasteiger partial charge in [0.1, 0.15) is 0 Å². The topological polar surface area (TPSA) is 47.7 Å². The second-order valence-corrected chi connectivity index (χ2v) is 5.69. The maximum Gasteiger partial charge on any atom is 0.157 e. The van der Waals surface area contributed by atoms with Gasteiger partial charge >= 0.3 is 0 Å². The molecule has 0 radical (unpaired) electrons. The molecule has 2 N–H and O–H groups in total. The summed E-state index contributed by atoms with van der Waals surface area (Å²) >= 11 is 0. The minimum atomic E-state index is 0.0455. The van der Waals surface area contributed by atoms with Crippen LogP contribution >= 0.6 is 0 Å². The Kier molecular flexibility index (Phi) is 5.89. The van der Waals surface area contributed by atoms with E-state index in [1.165, 1.54) is 25.7 Å². The van der Waals surface area contributed by atoms with Crippen molar-refractivity contribution in [3.05, 3.63) is 0 Å². The number of rotatable bonds is 5. The van der Waals surface area contributed by atoms with E-state index in [2.05, 4.69) is 11.8 Å². The third kappa shape index (κ3) is 4.19. The van der Waals surface area contributed by atoms with E-state index in [-0.39, 0.29) is 6.29 Å². The van der Waals surface area contributed by atoms with Crippen LogP contribution in [0.15, 0.2) is 0 Å². The zero-order valence-electron chi connectivity index (χ0n) is 11.6. The van der Waals surface area contributed by atoms with Gasteiger partial charge in [-0.3, -0.25) is 4.90 Å². The van der Waals surface area contributed by atoms with Crippen molar-refractivity contribution in [1.29, 1.82) is 0 Å². The van der Waals surface area contributed by atoms with E-state index in [0.29, 0.717) is 12.0 Å². The molecule has 2 fully saturated rings. The van der Waals surface area contributed by atoms with Crippen LogP contribution < -0.4 is 5.73 Å². The molecule has 18 heavy (non-hydrogen) atoms. The Hall–Kier alpha value is -0.160. The van der Waals surface area contributed by atoms with Gasteiger partial charge in [-0.05, 0) is 51.5 Å². The Balaban J connectivity index is 1.64. The van der Waals surface area contributed by atoms with Gasteiger partial charge in [0.2, 0.25) is 0 Å². The molecule has 0 aromatic rings. The molecule has 2 saturated heterocycles. The fourth-order valence-electron chi connectivity index (χ4n) is 2.91. The molecular weight excluding hydrogens is 228 g/mol. The smallest absolute Gasteiger partial charge is 0.157 e. The van der Waals surface area contributed by atoms with Crippen LogP contribution in [-0.2, 0) is 9.47 Å². The minimum absolute atomic E-state index is 0.0455. The van der Waals surface area contributed by atoms with Crippen molar-refractivity contribution in [3.63, 3.8) is 0 Å². The maximum absolute atomic E-state index is 5.81. The molecule has 0 spiro atoms. The molecule has 2 heterocycles. The van der Waals surface area contributed by atoms with E-state index < -0.39 is 0 Å². The zero-order valence-corrected chi connectivity index (χ0v) is 11.6. The van der Waals surface area contributed by atoms with Crippen LogP contribution in [0.25, 0.3) is 0 Å². The summed E-state index contributed by atoms with van der Waals surface area (Å²) in [6.45, 7) is 6.91. The first kappa shape index (κ1) is 14.3. The molecule has 106 valence electrons. The van der Waals surface area contributed by atoms with Gasteiger partial charge in [0.05, 0.1) is 6.61 Å². The standard InChI is InChI=1S/C14H28N2O2/c1-12-5-6-13(10-15)11-16(12)7-9-18-14-4-2-3-8-17-14/h12-14H,2-11,15H2,1H3. The first-order valence-corrected chi connectivity index (χ1v) is 7.47. The second kappa shape index (κ2) is 7.43. The van der Waals surface area contributed by atoms with Gasteiger partial charge in [-0.15, -0.1) is 0 Å². The lowest BCUT2D eigenvalue weighted by molar-refractivity contribution is -0.165. The highest BCUT2D eigenvalue weighted by molar-refractivity contribution is 4.79. The molecule has 0 aliphatic carbocycles. The van der Waals surface area contributed by atoms with Crippen LogP contribution in [0.2, 0.25) is 0 Å². The SMILES string of the molecule is CC1CCC(CN)CN1CCOC1CCCCO1. The van der Waals surface area contributed by atoms with E-state index in [1.54, 1.807) is 0 Å². The van der Waals surface area contributed by atoms with Gasteiger partial charge in [0.15, 0.2) is 6.29 Å². The highest BCUT2D eigenvalue weighted by Gasteiger charge is 2.24. The molecule has 4 nitrogen and oxygen atoms in total. The summed E-state index contributed by atoms with van der Waals surface area (Å²) in [6.07, 6.45) is 6.06. The third-order valence-corrected chi connectivity index (χ3v) is 4.26. The predicted molar refractivity (Wildman–Crippen MR) is 72.4 cm³/mol. The molecule has 2 aliphatic heterocycles. The normalized spacial score (nSPS) is 34.7. The Labute approximate surface area is 111 Å². The molecule has 0 amide bonds. The largest absolute Gasteiger partial charge is 0.353 e. The van der Waals surface area contributed by atoms with Gasteiger partial charge in [0.25, 0.3) is 0 Å². The molecule has 0 aromatic heterocycles. The number of ether oxygens (including phenoxy) is 2. The molecule has 3 unspecified atom stereocenters. The second-order valence-electron chi connectivity index (χ2n) is 5.69. The summed E-state index contributed by atoms with van der Waals surface area (Å²) in [5.74, 6) is 0.673. The van der Waals surface area contributed by atoms with E-state index in [0.717, 1.165) is 39.3 Å². The number of hydrogen-bond acceptors (Lipinski definition) is 4. The number of nitrogens with zero attached hydrogens (tertiary/aromatic N) is 1. The average molecular weight is 256 g/mol. The summed E-state index contributed by atoms with van der Waals surface area (Å²) in [5, 5.41) is 0. The van der Waals surface area contributed by atoms with Gasteiger partial charge in [0, 0.05) is 25.7 Å². The Morgan fingerprint density at radius 1 is 1.28 bits per heavy atom. The molecule has 4 heteroatoms. The minimum Gasteiger partial charge on any atom is -0.353 e. The lowest BCUT2D eigenvalue weighted by atomic mass is 9.94. The summed E-state index contributed by atoms with van der Waals surface area (Å²) in [4.78, 5) is 2.52. The first-order valence-electron chi connectivity index (χ1n) is 7.47. The Bertz CT molecular complexity index is 232. The van der Waals surface area contributed by atoms with Crippen molar-refractivity contribution >= 4 is 0 Å². The van der Waals surface area contributed by atoms with Gasteiger partial charge < -0.3 is 15.2 Å². The van der Waals surface area contributed by atoms with Crippen molar-refractivity contribution in [1.82, 2.24) is 4.90 Å². The highest BCUT2D eigenvalue weighted by atomic mass is 16.7. The third-order valence-electron chi connectivity index (χ3n) is 4.26. The van der Waals surface area contributed by atoms with Crippen molar-refractivity contribution in [2.45, 2.75) is 51.4 Å². The van der Waals surface area contributed by atoms with Crippen LogP contribution in [0.4, 0.5) is 0 Å². The van der Waals surface area contributed by atoms with E-state index in [9.17, 15) is 0 Å². The molecule has 2 aliphatic rings. The predicted octanol–water partition coefficient (Wildman–Crippen LogP) is 1.59. The van der Waals surface area contributed by atoms with Crippen LogP contribution in [-0.4, -0.2) is 50.1 Å². The van der Waals surface area contributed by atoms with Crippen LogP contribution in [0, 0.1) is 5.92 Å². The number of likely N-dealkylation sites (tertiary alicyclic amines) is 1. The first-order chi connectivity index (χ1) is 8.79. The molecule has 2 rings (SSSR count). The van der Waals surface area contributed by atoms with Crippen molar-refractivity contribution in [2.75, 3.05) is 32.8 Å². The van der Waals surface area contributed by atoms with Crippen molar-refractivity contribution in [2.24, 2.45) is 11.7 Å². The maximum atomic E-state index is 5.81. The summed E-state index contributed by atoms with van der Waals surface area (Å²) in [7, 11) is 0. The van der Waals surface area contributed by atoms with Crippen LogP contribution in [0.5, 0.6) is 0 Å². The molecule has 0 bridgehead atoms. The summed E-state index contributed by atoms with van der Waals surface area (Å²) in [6, 6.07) is 0.670. The van der Waals surface area contributed by atoms with E-state index in [1.807, 2.05) is 0 Å².